The molecule has 0 aliphatic heterocycles. The number of pyridine rings is 1. The Bertz CT molecular complexity index is 1140. The van der Waals surface area contributed by atoms with Gasteiger partial charge in [-0.1, -0.05) is 42.5 Å². The predicted octanol–water partition coefficient (Wildman–Crippen LogP) is 2.50. The number of aromatic amines is 1. The maximum absolute atomic E-state index is 12.5. The molecule has 8 nitrogen and oxygen atoms in total. The molecule has 2 aromatic carbocycles. The summed E-state index contributed by atoms with van der Waals surface area (Å²) in [5.74, 6) is -2.28. The number of amides is 1. The lowest BCUT2D eigenvalue weighted by molar-refractivity contribution is -0.118. The first kappa shape index (κ1) is 22.6. The molecular formula is C24H24N2O6. The van der Waals surface area contributed by atoms with Crippen LogP contribution in [0, 0.1) is 0 Å². The van der Waals surface area contributed by atoms with Crippen LogP contribution in [0.2, 0.25) is 0 Å². The summed E-state index contributed by atoms with van der Waals surface area (Å²) in [6, 6.07) is 16.7. The molecule has 0 aliphatic rings. The van der Waals surface area contributed by atoms with Crippen LogP contribution in [0.15, 0.2) is 65.6 Å². The lowest BCUT2D eigenvalue weighted by atomic mass is 9.87. The van der Waals surface area contributed by atoms with E-state index in [4.69, 9.17) is 10.5 Å². The number of nitrogens with two attached hydrogens (primary N) is 1. The molecule has 8 heteroatoms. The van der Waals surface area contributed by atoms with Crippen molar-refractivity contribution in [1.29, 1.82) is 0 Å². The Morgan fingerprint density at radius 3 is 2.41 bits per heavy atom. The Balaban J connectivity index is 1.85. The molecular weight excluding hydrogens is 412 g/mol. The molecule has 1 heterocycles. The highest BCUT2D eigenvalue weighted by Gasteiger charge is 2.27. The lowest BCUT2D eigenvalue weighted by Crippen LogP contribution is -2.23. The first-order chi connectivity index (χ1) is 15.4. The molecule has 0 saturated heterocycles. The number of benzene rings is 2. The molecule has 0 fully saturated rings. The monoisotopic (exact) mass is 436 g/mol. The largest absolute Gasteiger partial charge is 0.506 e. The number of carbonyl (C=O) groups excluding carboxylic acids is 2. The van der Waals surface area contributed by atoms with Crippen LogP contribution in [0.4, 0.5) is 0 Å². The molecule has 1 atom stereocenters. The normalized spacial score (nSPS) is 11.5. The number of primary amides is 1. The number of hydrogen-bond acceptors (Lipinski definition) is 6. The second-order valence-corrected chi connectivity index (χ2v) is 7.16. The van der Waals surface area contributed by atoms with Gasteiger partial charge in [-0.3, -0.25) is 9.59 Å². The zero-order chi connectivity index (χ0) is 23.1. The third kappa shape index (κ3) is 5.34. The van der Waals surface area contributed by atoms with Gasteiger partial charge in [-0.05, 0) is 23.3 Å². The number of ether oxygens (including phenoxy) is 2. The van der Waals surface area contributed by atoms with Crippen molar-refractivity contribution in [1.82, 2.24) is 4.98 Å². The highest BCUT2D eigenvalue weighted by Crippen LogP contribution is 2.34. The summed E-state index contributed by atoms with van der Waals surface area (Å²) < 4.78 is 10.4. The predicted molar refractivity (Wildman–Crippen MR) is 118 cm³/mol. The maximum Gasteiger partial charge on any atom is 0.343 e. The second-order valence-electron chi connectivity index (χ2n) is 7.16. The van der Waals surface area contributed by atoms with Crippen molar-refractivity contribution in [3.05, 3.63) is 93.4 Å². The number of H-pyrrole nitrogens is 1. The minimum atomic E-state index is -0.862. The lowest BCUT2D eigenvalue weighted by Gasteiger charge is -2.18. The smallest absolute Gasteiger partial charge is 0.343 e. The number of nitrogens with one attached hydrogen (secondary N) is 1. The van der Waals surface area contributed by atoms with Crippen molar-refractivity contribution in [2.24, 2.45) is 5.73 Å². The molecule has 166 valence electrons. The SMILES string of the molecule is COC(=O)c1c[nH]c(=O)c([C@H](CC(N)=O)c2ccc(OCCc3ccccc3)cc2)c1O. The molecule has 0 spiro atoms. The second kappa shape index (κ2) is 10.3. The van der Waals surface area contributed by atoms with E-state index in [1.807, 2.05) is 30.3 Å². The van der Waals surface area contributed by atoms with Gasteiger partial charge in [0.2, 0.25) is 5.91 Å². The van der Waals surface area contributed by atoms with Gasteiger partial charge < -0.3 is 25.3 Å². The minimum Gasteiger partial charge on any atom is -0.506 e. The minimum absolute atomic E-state index is 0.135. The first-order valence-corrected chi connectivity index (χ1v) is 9.98. The molecule has 0 saturated carbocycles. The van der Waals surface area contributed by atoms with Crippen LogP contribution in [0.3, 0.4) is 0 Å². The van der Waals surface area contributed by atoms with E-state index in [1.54, 1.807) is 24.3 Å². The fourth-order valence-corrected chi connectivity index (χ4v) is 3.44. The van der Waals surface area contributed by atoms with E-state index in [1.165, 1.54) is 0 Å². The average Bonchev–Trinajstić information content (AvgIpc) is 2.79. The summed E-state index contributed by atoms with van der Waals surface area (Å²) >= 11 is 0. The van der Waals surface area contributed by atoms with Crippen LogP contribution in [0.5, 0.6) is 11.5 Å². The molecule has 1 aromatic heterocycles. The van der Waals surface area contributed by atoms with Gasteiger partial charge in [0.25, 0.3) is 5.56 Å². The van der Waals surface area contributed by atoms with Gasteiger partial charge in [0, 0.05) is 25.0 Å². The number of aromatic hydroxyl groups is 1. The van der Waals surface area contributed by atoms with E-state index < -0.39 is 29.1 Å². The van der Waals surface area contributed by atoms with E-state index in [9.17, 15) is 19.5 Å². The fourth-order valence-electron chi connectivity index (χ4n) is 3.44. The number of aromatic nitrogens is 1. The van der Waals surface area contributed by atoms with Crippen LogP contribution in [-0.2, 0) is 16.0 Å². The van der Waals surface area contributed by atoms with Gasteiger partial charge >= 0.3 is 5.97 Å². The van der Waals surface area contributed by atoms with Crippen LogP contribution in [0.1, 0.15) is 39.4 Å². The van der Waals surface area contributed by atoms with E-state index >= 15 is 0 Å². The molecule has 0 aliphatic carbocycles. The molecule has 0 unspecified atom stereocenters. The third-order valence-corrected chi connectivity index (χ3v) is 5.05. The van der Waals surface area contributed by atoms with E-state index in [-0.39, 0.29) is 17.5 Å². The first-order valence-electron chi connectivity index (χ1n) is 9.98. The van der Waals surface area contributed by atoms with Gasteiger partial charge in [-0.25, -0.2) is 4.79 Å². The molecule has 1 amide bonds. The van der Waals surface area contributed by atoms with E-state index in [0.717, 1.165) is 25.3 Å². The topological polar surface area (TPSA) is 132 Å². The van der Waals surface area contributed by atoms with Crippen molar-refractivity contribution in [2.45, 2.75) is 18.8 Å². The molecule has 32 heavy (non-hydrogen) atoms. The summed E-state index contributed by atoms with van der Waals surface area (Å²) in [6.07, 6.45) is 1.57. The van der Waals surface area contributed by atoms with Crippen LogP contribution in [-0.4, -0.2) is 35.7 Å². The Labute approximate surface area is 184 Å². The van der Waals surface area contributed by atoms with Gasteiger partial charge in [-0.15, -0.1) is 0 Å². The quantitative estimate of drug-likeness (QED) is 0.442. The third-order valence-electron chi connectivity index (χ3n) is 5.05. The number of methoxy groups -OCH3 is 1. The number of rotatable bonds is 9. The van der Waals surface area contributed by atoms with Gasteiger partial charge in [-0.2, -0.15) is 0 Å². The number of carbonyl (C=O) groups is 2. The maximum atomic E-state index is 12.5. The van der Waals surface area contributed by atoms with Crippen molar-refractivity contribution in [3.63, 3.8) is 0 Å². The van der Waals surface area contributed by atoms with Crippen molar-refractivity contribution in [2.75, 3.05) is 13.7 Å². The zero-order valence-electron chi connectivity index (χ0n) is 17.5. The van der Waals surface area contributed by atoms with Gasteiger partial charge in [0.1, 0.15) is 17.1 Å². The highest BCUT2D eigenvalue weighted by atomic mass is 16.5. The Kier molecular flexibility index (Phi) is 7.28. The Hall–Kier alpha value is -4.07. The summed E-state index contributed by atoms with van der Waals surface area (Å²) in [5.41, 5.74) is 6.13. The molecule has 3 aromatic rings. The van der Waals surface area contributed by atoms with Crippen LogP contribution < -0.4 is 16.0 Å². The fraction of sp³-hybridized carbons (Fsp3) is 0.208. The summed E-state index contributed by atoms with van der Waals surface area (Å²) in [6.45, 7) is 0.482. The van der Waals surface area contributed by atoms with Crippen molar-refractivity contribution in [3.8, 4) is 11.5 Å². The van der Waals surface area contributed by atoms with Crippen molar-refractivity contribution >= 4 is 11.9 Å². The molecule has 3 rings (SSSR count). The molecule has 0 radical (unpaired) electrons. The summed E-state index contributed by atoms with van der Waals surface area (Å²) in [7, 11) is 1.16. The summed E-state index contributed by atoms with van der Waals surface area (Å²) in [5, 5.41) is 10.6. The van der Waals surface area contributed by atoms with Gasteiger partial charge in [0.05, 0.1) is 19.3 Å². The van der Waals surface area contributed by atoms with Crippen LogP contribution >= 0.6 is 0 Å². The highest BCUT2D eigenvalue weighted by molar-refractivity contribution is 5.92. The van der Waals surface area contributed by atoms with Gasteiger partial charge in [0.15, 0.2) is 0 Å². The standard InChI is InChI=1S/C24H24N2O6/c1-31-24(30)19-14-26-23(29)21(22(19)28)18(13-20(25)27)16-7-9-17(10-8-16)32-12-11-15-5-3-2-4-6-15/h2-10,14,18H,11-13H2,1H3,(H2,25,27)(H2,26,28,29)/t18-/m1/s1. The number of esters is 1. The zero-order valence-corrected chi connectivity index (χ0v) is 17.5. The van der Waals surface area contributed by atoms with Crippen LogP contribution in [0.25, 0.3) is 0 Å². The van der Waals surface area contributed by atoms with E-state index in [0.29, 0.717) is 17.9 Å². The molecule has 0 bridgehead atoms. The Morgan fingerprint density at radius 2 is 1.78 bits per heavy atom. The summed E-state index contributed by atoms with van der Waals surface area (Å²) in [4.78, 5) is 38.5. The average molecular weight is 436 g/mol. The van der Waals surface area contributed by atoms with Crippen molar-refractivity contribution < 1.29 is 24.2 Å². The molecule has 4 N–H and O–H groups in total. The number of hydrogen-bond donors (Lipinski definition) is 3. The van der Waals surface area contributed by atoms with E-state index in [2.05, 4.69) is 9.72 Å². The Morgan fingerprint density at radius 1 is 1.09 bits per heavy atom.